The average Bonchev–Trinajstić information content (AvgIpc) is 2.69. The van der Waals surface area contributed by atoms with Crippen molar-refractivity contribution in [1.29, 1.82) is 0 Å². The van der Waals surface area contributed by atoms with E-state index < -0.39 is 11.5 Å². The maximum atomic E-state index is 11.3. The van der Waals surface area contributed by atoms with E-state index in [2.05, 4.69) is 4.98 Å². The average molecular weight is 221 g/mol. The fraction of sp³-hybridized carbons (Fsp3) is 0. The number of nitrogens with one attached hydrogen (secondary N) is 1. The van der Waals surface area contributed by atoms with Crippen molar-refractivity contribution < 1.29 is 9.90 Å². The lowest BCUT2D eigenvalue weighted by molar-refractivity contribution is 0.0695. The number of aromatic amines is 1. The van der Waals surface area contributed by atoms with E-state index in [1.165, 1.54) is 17.4 Å². The lowest BCUT2D eigenvalue weighted by Crippen LogP contribution is -2.17. The predicted molar refractivity (Wildman–Crippen MR) is 57.3 cm³/mol. The van der Waals surface area contributed by atoms with Gasteiger partial charge in [0.05, 0.1) is 0 Å². The summed E-state index contributed by atoms with van der Waals surface area (Å²) in [6.07, 6.45) is 0. The Bertz CT molecular complexity index is 542. The van der Waals surface area contributed by atoms with E-state index in [0.29, 0.717) is 5.69 Å². The minimum absolute atomic E-state index is 0.242. The molecule has 0 radical (unpaired) electrons. The van der Waals surface area contributed by atoms with Crippen molar-refractivity contribution in [3.63, 3.8) is 0 Å². The molecule has 0 atom stereocenters. The number of aromatic carboxylic acids is 1. The quantitative estimate of drug-likeness (QED) is 0.812. The lowest BCUT2D eigenvalue weighted by atomic mass is 10.2. The summed E-state index contributed by atoms with van der Waals surface area (Å²) in [6, 6.07) is 4.76. The van der Waals surface area contributed by atoms with E-state index in [9.17, 15) is 9.59 Å². The third kappa shape index (κ3) is 1.82. The van der Waals surface area contributed by atoms with Gasteiger partial charge in [-0.2, -0.15) is 11.3 Å². The first-order chi connectivity index (χ1) is 7.18. The van der Waals surface area contributed by atoms with Gasteiger partial charge in [-0.3, -0.25) is 4.79 Å². The van der Waals surface area contributed by atoms with Gasteiger partial charge in [0.15, 0.2) is 0 Å². The van der Waals surface area contributed by atoms with Gasteiger partial charge in [-0.15, -0.1) is 0 Å². The van der Waals surface area contributed by atoms with Gasteiger partial charge >= 0.3 is 5.97 Å². The van der Waals surface area contributed by atoms with E-state index in [1.54, 1.807) is 6.07 Å². The Balaban J connectivity index is 2.52. The molecule has 2 aromatic heterocycles. The Morgan fingerprint density at radius 2 is 2.13 bits per heavy atom. The van der Waals surface area contributed by atoms with Crippen LogP contribution < -0.4 is 5.56 Å². The van der Waals surface area contributed by atoms with E-state index in [-0.39, 0.29) is 5.56 Å². The summed E-state index contributed by atoms with van der Waals surface area (Å²) in [5.74, 6) is -1.21. The maximum Gasteiger partial charge on any atom is 0.341 e. The van der Waals surface area contributed by atoms with Gasteiger partial charge in [0.25, 0.3) is 5.56 Å². The molecule has 0 fully saturated rings. The minimum atomic E-state index is -1.21. The highest BCUT2D eigenvalue weighted by Crippen LogP contribution is 2.18. The SMILES string of the molecule is O=C(O)c1ccc(-c2ccsc2)[nH]c1=O. The molecule has 0 aliphatic carbocycles. The van der Waals surface area contributed by atoms with Gasteiger partial charge < -0.3 is 10.1 Å². The molecule has 0 amide bonds. The van der Waals surface area contributed by atoms with Crippen molar-refractivity contribution in [1.82, 2.24) is 4.98 Å². The van der Waals surface area contributed by atoms with Crippen LogP contribution in [0, 0.1) is 0 Å². The normalized spacial score (nSPS) is 10.1. The number of rotatable bonds is 2. The van der Waals surface area contributed by atoms with Crippen LogP contribution in [0.5, 0.6) is 0 Å². The summed E-state index contributed by atoms with van der Waals surface area (Å²) in [5, 5.41) is 12.4. The van der Waals surface area contributed by atoms with Gasteiger partial charge in [0, 0.05) is 16.6 Å². The second kappa shape index (κ2) is 3.70. The number of H-pyrrole nitrogens is 1. The number of hydrogen-bond donors (Lipinski definition) is 2. The molecule has 4 nitrogen and oxygen atoms in total. The second-order valence-corrected chi connectivity index (χ2v) is 3.71. The number of pyridine rings is 1. The molecule has 2 N–H and O–H groups in total. The van der Waals surface area contributed by atoms with Crippen LogP contribution in [-0.2, 0) is 0 Å². The summed E-state index contributed by atoms with van der Waals surface area (Å²) in [5.41, 5.74) is 0.695. The highest BCUT2D eigenvalue weighted by atomic mass is 32.1. The van der Waals surface area contributed by atoms with Crippen LogP contribution in [0.2, 0.25) is 0 Å². The molecule has 0 aromatic carbocycles. The van der Waals surface area contributed by atoms with Gasteiger partial charge in [-0.1, -0.05) is 0 Å². The van der Waals surface area contributed by atoms with Crippen LogP contribution in [0.15, 0.2) is 33.8 Å². The van der Waals surface area contributed by atoms with Crippen molar-refractivity contribution in [2.75, 3.05) is 0 Å². The molecule has 0 bridgehead atoms. The first-order valence-corrected chi connectivity index (χ1v) is 5.12. The summed E-state index contributed by atoms with van der Waals surface area (Å²) >= 11 is 1.51. The molecule has 5 heteroatoms. The number of carbonyl (C=O) groups is 1. The molecule has 0 saturated carbocycles. The van der Waals surface area contributed by atoms with E-state index in [4.69, 9.17) is 5.11 Å². The highest BCUT2D eigenvalue weighted by Gasteiger charge is 2.09. The zero-order valence-corrected chi connectivity index (χ0v) is 8.38. The van der Waals surface area contributed by atoms with Crippen molar-refractivity contribution in [2.24, 2.45) is 0 Å². The van der Waals surface area contributed by atoms with Crippen molar-refractivity contribution in [3.05, 3.63) is 44.9 Å². The monoisotopic (exact) mass is 221 g/mol. The summed E-state index contributed by atoms with van der Waals surface area (Å²) in [6.45, 7) is 0. The van der Waals surface area contributed by atoms with Crippen LogP contribution in [-0.4, -0.2) is 16.1 Å². The molecular formula is C10H7NO3S. The Morgan fingerprint density at radius 1 is 1.33 bits per heavy atom. The minimum Gasteiger partial charge on any atom is -0.477 e. The smallest absolute Gasteiger partial charge is 0.341 e. The topological polar surface area (TPSA) is 70.2 Å². The van der Waals surface area contributed by atoms with E-state index >= 15 is 0 Å². The molecule has 0 saturated heterocycles. The molecular weight excluding hydrogens is 214 g/mol. The number of thiophene rings is 1. The highest BCUT2D eigenvalue weighted by molar-refractivity contribution is 7.08. The van der Waals surface area contributed by atoms with Crippen LogP contribution in [0.3, 0.4) is 0 Å². The molecule has 2 rings (SSSR count). The van der Waals surface area contributed by atoms with Crippen LogP contribution in [0.25, 0.3) is 11.3 Å². The molecule has 0 aliphatic rings. The van der Waals surface area contributed by atoms with Gasteiger partial charge in [0.1, 0.15) is 5.56 Å². The number of hydrogen-bond acceptors (Lipinski definition) is 3. The van der Waals surface area contributed by atoms with E-state index in [0.717, 1.165) is 5.56 Å². The zero-order valence-electron chi connectivity index (χ0n) is 7.56. The van der Waals surface area contributed by atoms with E-state index in [1.807, 2.05) is 16.8 Å². The molecule has 2 aromatic rings. The molecule has 0 aliphatic heterocycles. The van der Waals surface area contributed by atoms with Crippen LogP contribution in [0.1, 0.15) is 10.4 Å². The number of aromatic nitrogens is 1. The molecule has 15 heavy (non-hydrogen) atoms. The van der Waals surface area contributed by atoms with Crippen molar-refractivity contribution in [3.8, 4) is 11.3 Å². The third-order valence-electron chi connectivity index (χ3n) is 1.97. The number of carboxylic acid groups (broad SMARTS) is 1. The Labute approximate surface area is 88.8 Å². The Kier molecular flexibility index (Phi) is 2.39. The largest absolute Gasteiger partial charge is 0.477 e. The third-order valence-corrected chi connectivity index (χ3v) is 2.66. The predicted octanol–water partition coefficient (Wildman–Crippen LogP) is 1.80. The maximum absolute atomic E-state index is 11.3. The van der Waals surface area contributed by atoms with Crippen LogP contribution in [0.4, 0.5) is 0 Å². The summed E-state index contributed by atoms with van der Waals surface area (Å²) in [7, 11) is 0. The molecule has 0 spiro atoms. The lowest BCUT2D eigenvalue weighted by Gasteiger charge is -1.98. The van der Waals surface area contributed by atoms with Crippen LogP contribution >= 0.6 is 11.3 Å². The standard InChI is InChI=1S/C10H7NO3S/c12-9-7(10(13)14)1-2-8(11-9)6-3-4-15-5-6/h1-5H,(H,11,12)(H,13,14). The fourth-order valence-corrected chi connectivity index (χ4v) is 1.88. The molecule has 0 unspecified atom stereocenters. The summed E-state index contributed by atoms with van der Waals surface area (Å²) in [4.78, 5) is 24.5. The summed E-state index contributed by atoms with van der Waals surface area (Å²) < 4.78 is 0. The first-order valence-electron chi connectivity index (χ1n) is 4.17. The van der Waals surface area contributed by atoms with Crippen molar-refractivity contribution >= 4 is 17.3 Å². The van der Waals surface area contributed by atoms with Crippen molar-refractivity contribution in [2.45, 2.75) is 0 Å². The van der Waals surface area contributed by atoms with Gasteiger partial charge in [0.2, 0.25) is 0 Å². The molecule has 2 heterocycles. The number of carboxylic acids is 1. The second-order valence-electron chi connectivity index (χ2n) is 2.93. The first kappa shape index (κ1) is 9.67. The molecule has 76 valence electrons. The van der Waals surface area contributed by atoms with Gasteiger partial charge in [-0.25, -0.2) is 4.79 Å². The fourth-order valence-electron chi connectivity index (χ4n) is 1.23. The Morgan fingerprint density at radius 3 is 2.67 bits per heavy atom. The Hall–Kier alpha value is -1.88. The van der Waals surface area contributed by atoms with Gasteiger partial charge in [-0.05, 0) is 23.6 Å². The zero-order chi connectivity index (χ0) is 10.8.